The standard InChI is InChI=1S/C22H43ClO3/c1-2-3-4-5-6-7-8-9-10-11-12-13-14-15-16-17-20(23)18-19-21(24)22(25)26/h20-21,24H,2-19H2,1H3,(H,25,26). The van der Waals surface area contributed by atoms with E-state index in [9.17, 15) is 9.90 Å². The molecule has 0 saturated heterocycles. The van der Waals surface area contributed by atoms with Gasteiger partial charge in [0, 0.05) is 5.38 Å². The van der Waals surface area contributed by atoms with E-state index in [1.807, 2.05) is 0 Å². The fourth-order valence-electron chi connectivity index (χ4n) is 3.34. The molecule has 26 heavy (non-hydrogen) atoms. The molecular formula is C22H43ClO3. The van der Waals surface area contributed by atoms with Gasteiger partial charge < -0.3 is 10.2 Å². The Kier molecular flexibility index (Phi) is 19.3. The Morgan fingerprint density at radius 3 is 1.46 bits per heavy atom. The Morgan fingerprint density at radius 1 is 0.692 bits per heavy atom. The topological polar surface area (TPSA) is 57.5 Å². The van der Waals surface area contributed by atoms with Crippen LogP contribution in [-0.4, -0.2) is 27.7 Å². The van der Waals surface area contributed by atoms with Crippen LogP contribution in [0, 0.1) is 0 Å². The first-order valence-corrected chi connectivity index (χ1v) is 11.6. The van der Waals surface area contributed by atoms with Gasteiger partial charge in [-0.25, -0.2) is 4.79 Å². The van der Waals surface area contributed by atoms with Crippen molar-refractivity contribution < 1.29 is 15.0 Å². The highest BCUT2D eigenvalue weighted by atomic mass is 35.5. The van der Waals surface area contributed by atoms with Gasteiger partial charge in [0.1, 0.15) is 0 Å². The largest absolute Gasteiger partial charge is 0.479 e. The molecule has 2 atom stereocenters. The highest BCUT2D eigenvalue weighted by molar-refractivity contribution is 6.20. The van der Waals surface area contributed by atoms with Crippen molar-refractivity contribution in [3.63, 3.8) is 0 Å². The van der Waals surface area contributed by atoms with Gasteiger partial charge in [0.2, 0.25) is 0 Å². The van der Waals surface area contributed by atoms with E-state index in [4.69, 9.17) is 16.7 Å². The lowest BCUT2D eigenvalue weighted by Gasteiger charge is -2.10. The third-order valence-corrected chi connectivity index (χ3v) is 5.60. The molecular weight excluding hydrogens is 348 g/mol. The number of carboxylic acids is 1. The normalized spacial score (nSPS) is 13.7. The van der Waals surface area contributed by atoms with Crippen LogP contribution >= 0.6 is 11.6 Å². The van der Waals surface area contributed by atoms with Crippen LogP contribution in [0.5, 0.6) is 0 Å². The van der Waals surface area contributed by atoms with Gasteiger partial charge in [-0.1, -0.05) is 103 Å². The van der Waals surface area contributed by atoms with Crippen LogP contribution in [0.15, 0.2) is 0 Å². The highest BCUT2D eigenvalue weighted by Gasteiger charge is 2.15. The van der Waals surface area contributed by atoms with Crippen molar-refractivity contribution in [2.24, 2.45) is 0 Å². The second-order valence-corrected chi connectivity index (χ2v) is 8.38. The Balaban J connectivity index is 3.18. The number of aliphatic hydroxyl groups excluding tert-OH is 1. The minimum atomic E-state index is -1.27. The summed E-state index contributed by atoms with van der Waals surface area (Å²) in [6, 6.07) is 0. The van der Waals surface area contributed by atoms with Gasteiger partial charge in [0.25, 0.3) is 0 Å². The monoisotopic (exact) mass is 390 g/mol. The van der Waals surface area contributed by atoms with Gasteiger partial charge in [-0.05, 0) is 19.3 Å². The number of carbonyl (C=O) groups is 1. The third-order valence-electron chi connectivity index (χ3n) is 5.16. The van der Waals surface area contributed by atoms with Crippen LogP contribution < -0.4 is 0 Å². The number of halogens is 1. The Bertz CT molecular complexity index is 310. The first kappa shape index (κ1) is 25.7. The fourth-order valence-corrected chi connectivity index (χ4v) is 3.62. The SMILES string of the molecule is CCCCCCCCCCCCCCCCCC(Cl)CCC(O)C(=O)O. The van der Waals surface area contributed by atoms with Crippen molar-refractivity contribution in [3.05, 3.63) is 0 Å². The maximum atomic E-state index is 10.5. The lowest BCUT2D eigenvalue weighted by molar-refractivity contribution is -0.146. The van der Waals surface area contributed by atoms with E-state index in [0.29, 0.717) is 6.42 Å². The third kappa shape index (κ3) is 18.5. The summed E-state index contributed by atoms with van der Waals surface area (Å²) >= 11 is 6.18. The first-order chi connectivity index (χ1) is 12.6. The van der Waals surface area contributed by atoms with E-state index in [1.165, 1.54) is 89.9 Å². The second kappa shape index (κ2) is 19.5. The minimum absolute atomic E-state index is 0.00836. The summed E-state index contributed by atoms with van der Waals surface area (Å²) in [4.78, 5) is 10.5. The molecule has 3 nitrogen and oxygen atoms in total. The number of alkyl halides is 1. The molecule has 0 heterocycles. The predicted octanol–water partition coefficient (Wildman–Crippen LogP) is 7.08. The summed E-state index contributed by atoms with van der Waals surface area (Å²) in [5, 5.41) is 17.8. The molecule has 0 aromatic heterocycles. The van der Waals surface area contributed by atoms with Crippen LogP contribution in [0.25, 0.3) is 0 Å². The van der Waals surface area contributed by atoms with Crippen molar-refractivity contribution in [1.82, 2.24) is 0 Å². The Morgan fingerprint density at radius 2 is 1.08 bits per heavy atom. The average Bonchev–Trinajstić information content (AvgIpc) is 2.62. The quantitative estimate of drug-likeness (QED) is 0.172. The predicted molar refractivity (Wildman–Crippen MR) is 112 cm³/mol. The molecule has 156 valence electrons. The molecule has 0 aliphatic heterocycles. The molecule has 0 rings (SSSR count). The smallest absolute Gasteiger partial charge is 0.332 e. The lowest BCUT2D eigenvalue weighted by atomic mass is 10.0. The minimum Gasteiger partial charge on any atom is -0.479 e. The maximum absolute atomic E-state index is 10.5. The summed E-state index contributed by atoms with van der Waals surface area (Å²) in [6.45, 7) is 2.27. The summed E-state index contributed by atoms with van der Waals surface area (Å²) in [6.07, 6.45) is 20.8. The summed E-state index contributed by atoms with van der Waals surface area (Å²) in [5.41, 5.74) is 0. The molecule has 0 fully saturated rings. The number of hydrogen-bond acceptors (Lipinski definition) is 2. The van der Waals surface area contributed by atoms with Crippen LogP contribution in [0.2, 0.25) is 0 Å². The fraction of sp³-hybridized carbons (Fsp3) is 0.955. The van der Waals surface area contributed by atoms with Crippen LogP contribution in [0.4, 0.5) is 0 Å². The van der Waals surface area contributed by atoms with Gasteiger partial charge in [-0.15, -0.1) is 11.6 Å². The van der Waals surface area contributed by atoms with E-state index in [-0.39, 0.29) is 11.8 Å². The number of hydrogen-bond donors (Lipinski definition) is 2. The van der Waals surface area contributed by atoms with Gasteiger partial charge in [-0.2, -0.15) is 0 Å². The maximum Gasteiger partial charge on any atom is 0.332 e. The van der Waals surface area contributed by atoms with Crippen molar-refractivity contribution in [1.29, 1.82) is 0 Å². The number of aliphatic hydroxyl groups is 1. The molecule has 2 N–H and O–H groups in total. The van der Waals surface area contributed by atoms with E-state index in [2.05, 4.69) is 6.92 Å². The van der Waals surface area contributed by atoms with Crippen LogP contribution in [0.3, 0.4) is 0 Å². The van der Waals surface area contributed by atoms with Gasteiger partial charge in [0.15, 0.2) is 6.10 Å². The van der Waals surface area contributed by atoms with Crippen molar-refractivity contribution in [2.45, 2.75) is 134 Å². The summed E-state index contributed by atoms with van der Waals surface area (Å²) in [5.74, 6) is -1.15. The van der Waals surface area contributed by atoms with Gasteiger partial charge in [0.05, 0.1) is 0 Å². The zero-order valence-corrected chi connectivity index (χ0v) is 17.8. The zero-order valence-electron chi connectivity index (χ0n) is 17.1. The molecule has 0 bridgehead atoms. The van der Waals surface area contributed by atoms with Crippen molar-refractivity contribution in [2.75, 3.05) is 0 Å². The number of aliphatic carboxylic acids is 1. The van der Waals surface area contributed by atoms with E-state index in [0.717, 1.165) is 12.8 Å². The Labute approximate surface area is 166 Å². The molecule has 0 saturated carbocycles. The molecule has 0 aromatic carbocycles. The number of rotatable bonds is 20. The number of unbranched alkanes of at least 4 members (excludes halogenated alkanes) is 14. The molecule has 0 aliphatic carbocycles. The molecule has 0 radical (unpaired) electrons. The second-order valence-electron chi connectivity index (χ2n) is 7.77. The molecule has 0 amide bonds. The molecule has 0 spiro atoms. The van der Waals surface area contributed by atoms with Crippen LogP contribution in [-0.2, 0) is 4.79 Å². The number of carboxylic acid groups (broad SMARTS) is 1. The van der Waals surface area contributed by atoms with E-state index >= 15 is 0 Å². The summed E-state index contributed by atoms with van der Waals surface area (Å²) in [7, 11) is 0. The highest BCUT2D eigenvalue weighted by Crippen LogP contribution is 2.17. The van der Waals surface area contributed by atoms with Gasteiger partial charge >= 0.3 is 5.97 Å². The lowest BCUT2D eigenvalue weighted by Crippen LogP contribution is -2.20. The molecule has 2 unspecified atom stereocenters. The zero-order chi connectivity index (χ0) is 19.5. The van der Waals surface area contributed by atoms with Gasteiger partial charge in [-0.3, -0.25) is 0 Å². The van der Waals surface area contributed by atoms with E-state index < -0.39 is 12.1 Å². The Hall–Kier alpha value is -0.280. The van der Waals surface area contributed by atoms with Crippen molar-refractivity contribution >= 4 is 17.6 Å². The summed E-state index contributed by atoms with van der Waals surface area (Å²) < 4.78 is 0. The molecule has 0 aliphatic rings. The van der Waals surface area contributed by atoms with Crippen LogP contribution in [0.1, 0.15) is 122 Å². The van der Waals surface area contributed by atoms with E-state index in [1.54, 1.807) is 0 Å². The van der Waals surface area contributed by atoms with Crippen molar-refractivity contribution in [3.8, 4) is 0 Å². The average molecular weight is 391 g/mol. The molecule has 0 aromatic rings. The molecule has 4 heteroatoms. The first-order valence-electron chi connectivity index (χ1n) is 11.1.